The molecule has 0 radical (unpaired) electrons. The largest absolute Gasteiger partial charge is 0.368 e. The van der Waals surface area contributed by atoms with E-state index in [-0.39, 0.29) is 5.92 Å². The van der Waals surface area contributed by atoms with E-state index in [1.54, 1.807) is 0 Å². The molecule has 0 aromatic carbocycles. The lowest BCUT2D eigenvalue weighted by atomic mass is 9.73. The van der Waals surface area contributed by atoms with Crippen LogP contribution in [0.15, 0.2) is 0 Å². The second-order valence-corrected chi connectivity index (χ2v) is 4.42. The Labute approximate surface area is 68.2 Å². The van der Waals surface area contributed by atoms with Crippen LogP contribution < -0.4 is 0 Å². The van der Waals surface area contributed by atoms with Crippen LogP contribution in [0, 0.1) is 11.3 Å². The summed E-state index contributed by atoms with van der Waals surface area (Å²) in [5, 5.41) is 17.8. The predicted octanol–water partition coefficient (Wildman–Crippen LogP) is 1.51. The van der Waals surface area contributed by atoms with E-state index < -0.39 is 6.29 Å². The van der Waals surface area contributed by atoms with Crippen LogP contribution in [-0.2, 0) is 0 Å². The zero-order valence-corrected chi connectivity index (χ0v) is 7.38. The van der Waals surface area contributed by atoms with Gasteiger partial charge in [-0.2, -0.15) is 0 Å². The first-order valence-electron chi connectivity index (χ1n) is 4.37. The first-order chi connectivity index (χ1) is 5.01. The summed E-state index contributed by atoms with van der Waals surface area (Å²) in [5.74, 6) is 0.128. The molecule has 66 valence electrons. The number of hydrogen-bond acceptors (Lipinski definition) is 2. The molecule has 1 aliphatic rings. The molecule has 11 heavy (non-hydrogen) atoms. The molecule has 2 nitrogen and oxygen atoms in total. The summed E-state index contributed by atoms with van der Waals surface area (Å²) in [6.07, 6.45) is 3.08. The third kappa shape index (κ3) is 2.46. The number of hydrogen-bond donors (Lipinski definition) is 2. The lowest BCUT2D eigenvalue weighted by Gasteiger charge is -2.34. The van der Waals surface area contributed by atoms with E-state index in [1.807, 2.05) is 0 Å². The van der Waals surface area contributed by atoms with Crippen molar-refractivity contribution in [3.8, 4) is 0 Å². The van der Waals surface area contributed by atoms with Crippen molar-refractivity contribution in [2.45, 2.75) is 45.8 Å². The Morgan fingerprint density at radius 2 is 1.64 bits per heavy atom. The summed E-state index contributed by atoms with van der Waals surface area (Å²) >= 11 is 0. The van der Waals surface area contributed by atoms with Crippen LogP contribution >= 0.6 is 0 Å². The maximum absolute atomic E-state index is 8.90. The van der Waals surface area contributed by atoms with Crippen LogP contribution in [-0.4, -0.2) is 16.5 Å². The van der Waals surface area contributed by atoms with Gasteiger partial charge in [-0.05, 0) is 31.1 Å². The Morgan fingerprint density at radius 1 is 1.18 bits per heavy atom. The third-order valence-electron chi connectivity index (χ3n) is 2.81. The van der Waals surface area contributed by atoms with Gasteiger partial charge in [-0.25, -0.2) is 0 Å². The predicted molar refractivity (Wildman–Crippen MR) is 44.0 cm³/mol. The van der Waals surface area contributed by atoms with Crippen molar-refractivity contribution < 1.29 is 10.2 Å². The van der Waals surface area contributed by atoms with Crippen molar-refractivity contribution >= 4 is 0 Å². The van der Waals surface area contributed by atoms with Crippen LogP contribution in [0.2, 0.25) is 0 Å². The molecule has 1 fully saturated rings. The fraction of sp³-hybridized carbons (Fsp3) is 1.00. The lowest BCUT2D eigenvalue weighted by molar-refractivity contribution is -0.0996. The van der Waals surface area contributed by atoms with Crippen LogP contribution in [0.4, 0.5) is 0 Å². The van der Waals surface area contributed by atoms with Crippen LogP contribution in [0.25, 0.3) is 0 Å². The molecule has 0 heterocycles. The van der Waals surface area contributed by atoms with Crippen molar-refractivity contribution in [1.29, 1.82) is 0 Å². The quantitative estimate of drug-likeness (QED) is 0.568. The second kappa shape index (κ2) is 3.11. The Hall–Kier alpha value is -0.0800. The normalized spacial score (nSPS) is 25.9. The monoisotopic (exact) mass is 158 g/mol. The fourth-order valence-electron chi connectivity index (χ4n) is 1.72. The highest BCUT2D eigenvalue weighted by molar-refractivity contribution is 4.78. The lowest BCUT2D eigenvalue weighted by Crippen LogP contribution is -2.28. The minimum Gasteiger partial charge on any atom is -0.368 e. The van der Waals surface area contributed by atoms with Crippen molar-refractivity contribution in [3.63, 3.8) is 0 Å². The molecule has 0 aliphatic heterocycles. The van der Waals surface area contributed by atoms with Gasteiger partial charge in [0.25, 0.3) is 0 Å². The van der Waals surface area contributed by atoms with E-state index >= 15 is 0 Å². The zero-order chi connectivity index (χ0) is 8.48. The van der Waals surface area contributed by atoms with Gasteiger partial charge in [-0.15, -0.1) is 0 Å². The third-order valence-corrected chi connectivity index (χ3v) is 2.81. The Kier molecular flexibility index (Phi) is 2.55. The molecule has 1 saturated carbocycles. The molecule has 0 atom stereocenters. The number of rotatable bonds is 1. The topological polar surface area (TPSA) is 40.5 Å². The molecular formula is C9H18O2. The minimum absolute atomic E-state index is 0.128. The van der Waals surface area contributed by atoms with Crippen LogP contribution in [0.1, 0.15) is 39.5 Å². The zero-order valence-electron chi connectivity index (χ0n) is 7.38. The SMILES string of the molecule is CC1(C)CCC(C(O)O)CC1. The number of aliphatic hydroxyl groups excluding tert-OH is 1. The van der Waals surface area contributed by atoms with Crippen LogP contribution in [0.3, 0.4) is 0 Å². The van der Waals surface area contributed by atoms with Gasteiger partial charge in [-0.1, -0.05) is 13.8 Å². The Balaban J connectivity index is 2.36. The molecule has 0 unspecified atom stereocenters. The standard InChI is InChI=1S/C9H18O2/c1-9(2)5-3-7(4-6-9)8(10)11/h7-8,10-11H,3-6H2,1-2H3. The first-order valence-corrected chi connectivity index (χ1v) is 4.37. The summed E-state index contributed by atoms with van der Waals surface area (Å²) < 4.78 is 0. The van der Waals surface area contributed by atoms with Gasteiger partial charge in [-0.3, -0.25) is 0 Å². The van der Waals surface area contributed by atoms with E-state index in [9.17, 15) is 0 Å². The van der Waals surface area contributed by atoms with Gasteiger partial charge in [0.05, 0.1) is 0 Å². The van der Waals surface area contributed by atoms with Crippen molar-refractivity contribution in [3.05, 3.63) is 0 Å². The van der Waals surface area contributed by atoms with Crippen molar-refractivity contribution in [2.75, 3.05) is 0 Å². The summed E-state index contributed by atoms with van der Waals surface area (Å²) in [5.41, 5.74) is 0.422. The number of aliphatic hydroxyl groups is 2. The van der Waals surface area contributed by atoms with E-state index in [2.05, 4.69) is 13.8 Å². The molecule has 2 N–H and O–H groups in total. The van der Waals surface area contributed by atoms with Gasteiger partial charge in [0.2, 0.25) is 0 Å². The fourth-order valence-corrected chi connectivity index (χ4v) is 1.72. The molecule has 0 saturated heterocycles. The molecule has 0 spiro atoms. The van der Waals surface area contributed by atoms with Gasteiger partial charge in [0.15, 0.2) is 6.29 Å². The van der Waals surface area contributed by atoms with E-state index in [0.717, 1.165) is 25.7 Å². The molecule has 0 amide bonds. The van der Waals surface area contributed by atoms with E-state index in [4.69, 9.17) is 10.2 Å². The van der Waals surface area contributed by atoms with Gasteiger partial charge >= 0.3 is 0 Å². The summed E-state index contributed by atoms with van der Waals surface area (Å²) in [4.78, 5) is 0. The summed E-state index contributed by atoms with van der Waals surface area (Å²) in [6, 6.07) is 0. The smallest absolute Gasteiger partial charge is 0.154 e. The highest BCUT2D eigenvalue weighted by Gasteiger charge is 2.29. The molecule has 0 aromatic rings. The van der Waals surface area contributed by atoms with E-state index in [1.165, 1.54) is 0 Å². The van der Waals surface area contributed by atoms with E-state index in [0.29, 0.717) is 5.41 Å². The van der Waals surface area contributed by atoms with Gasteiger partial charge in [0, 0.05) is 5.92 Å². The maximum Gasteiger partial charge on any atom is 0.154 e. The van der Waals surface area contributed by atoms with Crippen molar-refractivity contribution in [2.24, 2.45) is 11.3 Å². The molecule has 0 aromatic heterocycles. The van der Waals surface area contributed by atoms with Gasteiger partial charge in [0.1, 0.15) is 0 Å². The minimum atomic E-state index is -1.09. The first kappa shape index (κ1) is 9.01. The molecule has 1 aliphatic carbocycles. The average molecular weight is 158 g/mol. The summed E-state index contributed by atoms with van der Waals surface area (Å²) in [7, 11) is 0. The Bertz CT molecular complexity index is 120. The molecular weight excluding hydrogens is 140 g/mol. The molecule has 2 heteroatoms. The van der Waals surface area contributed by atoms with Gasteiger partial charge < -0.3 is 10.2 Å². The maximum atomic E-state index is 8.90. The molecule has 0 bridgehead atoms. The van der Waals surface area contributed by atoms with Crippen LogP contribution in [0.5, 0.6) is 0 Å². The highest BCUT2D eigenvalue weighted by atomic mass is 16.5. The average Bonchev–Trinajstić information content (AvgIpc) is 1.86. The molecule has 1 rings (SSSR count). The Morgan fingerprint density at radius 3 is 2.00 bits per heavy atom. The summed E-state index contributed by atoms with van der Waals surface area (Å²) in [6.45, 7) is 4.49. The highest BCUT2D eigenvalue weighted by Crippen LogP contribution is 2.38. The second-order valence-electron chi connectivity index (χ2n) is 4.42. The van der Waals surface area contributed by atoms with Crippen molar-refractivity contribution in [1.82, 2.24) is 0 Å².